The smallest absolute Gasteiger partial charge is 0.306 e. The van der Waals surface area contributed by atoms with Crippen molar-refractivity contribution in [3.8, 4) is 0 Å². The molecule has 1 atom stereocenters. The highest BCUT2D eigenvalue weighted by Crippen LogP contribution is 2.41. The number of hydrogen-bond donors (Lipinski definition) is 1. The molecule has 4 rings (SSSR count). The van der Waals surface area contributed by atoms with Gasteiger partial charge in [0.1, 0.15) is 5.60 Å². The first-order chi connectivity index (χ1) is 16.6. The van der Waals surface area contributed by atoms with Crippen LogP contribution in [0.3, 0.4) is 0 Å². The van der Waals surface area contributed by atoms with Crippen LogP contribution in [0.4, 0.5) is 5.69 Å². The number of carboxylic acid groups (broad SMARTS) is 1. The largest absolute Gasteiger partial charge is 0.481 e. The van der Waals surface area contributed by atoms with Crippen LogP contribution < -0.4 is 4.90 Å². The average Bonchev–Trinajstić information content (AvgIpc) is 3.43. The number of ether oxygens (including phenoxy) is 1. The molecule has 0 bridgehead atoms. The third-order valence-electron chi connectivity index (χ3n) is 6.96. The molecular formula is C30H35NO3. The summed E-state index contributed by atoms with van der Waals surface area (Å²) in [6.07, 6.45) is 4.43. The lowest BCUT2D eigenvalue weighted by atomic mass is 9.80. The highest BCUT2D eigenvalue weighted by atomic mass is 16.5. The summed E-state index contributed by atoms with van der Waals surface area (Å²) in [5, 5.41) is 9.44. The lowest BCUT2D eigenvalue weighted by Gasteiger charge is -2.36. The van der Waals surface area contributed by atoms with Crippen molar-refractivity contribution in [2.45, 2.75) is 44.6 Å². The maximum Gasteiger partial charge on any atom is 0.306 e. The van der Waals surface area contributed by atoms with Crippen molar-refractivity contribution < 1.29 is 14.6 Å². The van der Waals surface area contributed by atoms with E-state index in [0.717, 1.165) is 29.8 Å². The number of aliphatic carboxylic acids is 1. The summed E-state index contributed by atoms with van der Waals surface area (Å²) in [4.78, 5) is 13.9. The number of anilines is 1. The zero-order chi connectivity index (χ0) is 23.8. The number of carboxylic acids is 1. The Morgan fingerprint density at radius 3 is 1.91 bits per heavy atom. The maximum atomic E-state index is 11.5. The molecular weight excluding hydrogens is 422 g/mol. The van der Waals surface area contributed by atoms with Crippen LogP contribution in [0.5, 0.6) is 0 Å². The van der Waals surface area contributed by atoms with E-state index in [9.17, 15) is 9.90 Å². The monoisotopic (exact) mass is 457 g/mol. The zero-order valence-electron chi connectivity index (χ0n) is 20.0. The van der Waals surface area contributed by atoms with Gasteiger partial charge in [0.15, 0.2) is 0 Å². The van der Waals surface area contributed by atoms with Crippen molar-refractivity contribution in [1.29, 1.82) is 0 Å². The molecule has 3 aromatic rings. The molecule has 0 amide bonds. The SMILES string of the molecule is CCC(CCCOC(c1ccccc1)(c1ccccc1)c1ccc(N2CCCC2)cc1)C(=O)O. The lowest BCUT2D eigenvalue weighted by Crippen LogP contribution is -2.33. The van der Waals surface area contributed by atoms with Crippen LogP contribution in [0.25, 0.3) is 0 Å². The van der Waals surface area contributed by atoms with Gasteiger partial charge in [-0.3, -0.25) is 4.79 Å². The van der Waals surface area contributed by atoms with Crippen LogP contribution in [-0.4, -0.2) is 30.8 Å². The Labute approximate surface area is 203 Å². The first kappa shape index (κ1) is 24.0. The van der Waals surface area contributed by atoms with Crippen molar-refractivity contribution >= 4 is 11.7 Å². The second-order valence-corrected chi connectivity index (χ2v) is 9.09. The minimum atomic E-state index is -0.767. The molecule has 1 N–H and O–H groups in total. The van der Waals surface area contributed by atoms with Crippen molar-refractivity contribution in [2.24, 2.45) is 5.92 Å². The first-order valence-corrected chi connectivity index (χ1v) is 12.5. The summed E-state index contributed by atoms with van der Waals surface area (Å²) < 4.78 is 6.82. The predicted molar refractivity (Wildman–Crippen MR) is 137 cm³/mol. The lowest BCUT2D eigenvalue weighted by molar-refractivity contribution is -0.142. The molecule has 1 heterocycles. The van der Waals surface area contributed by atoms with Gasteiger partial charge in [-0.05, 0) is 60.9 Å². The third-order valence-corrected chi connectivity index (χ3v) is 6.96. The molecule has 1 saturated heterocycles. The van der Waals surface area contributed by atoms with E-state index >= 15 is 0 Å². The van der Waals surface area contributed by atoms with E-state index in [1.165, 1.54) is 18.5 Å². The van der Waals surface area contributed by atoms with Crippen LogP contribution in [-0.2, 0) is 15.1 Å². The van der Waals surface area contributed by atoms with Gasteiger partial charge in [0.25, 0.3) is 0 Å². The first-order valence-electron chi connectivity index (χ1n) is 12.5. The third kappa shape index (κ3) is 5.18. The molecule has 34 heavy (non-hydrogen) atoms. The summed E-state index contributed by atoms with van der Waals surface area (Å²) in [7, 11) is 0. The fraction of sp³-hybridized carbons (Fsp3) is 0.367. The normalized spacial score (nSPS) is 14.8. The topological polar surface area (TPSA) is 49.8 Å². The van der Waals surface area contributed by atoms with Crippen LogP contribution in [0.1, 0.15) is 55.7 Å². The molecule has 1 aliphatic rings. The molecule has 4 heteroatoms. The maximum absolute atomic E-state index is 11.5. The van der Waals surface area contributed by atoms with Crippen LogP contribution in [0, 0.1) is 5.92 Å². The number of carbonyl (C=O) groups is 1. The van der Waals surface area contributed by atoms with Gasteiger partial charge in [0.2, 0.25) is 0 Å². The minimum absolute atomic E-state index is 0.328. The van der Waals surface area contributed by atoms with Gasteiger partial charge in [-0.25, -0.2) is 0 Å². The van der Waals surface area contributed by atoms with Crippen LogP contribution in [0.15, 0.2) is 84.9 Å². The second-order valence-electron chi connectivity index (χ2n) is 9.09. The fourth-order valence-electron chi connectivity index (χ4n) is 5.04. The Hall–Kier alpha value is -3.11. The number of rotatable bonds is 11. The quantitative estimate of drug-likeness (QED) is 0.264. The van der Waals surface area contributed by atoms with Gasteiger partial charge in [-0.15, -0.1) is 0 Å². The van der Waals surface area contributed by atoms with Gasteiger partial charge in [0.05, 0.1) is 5.92 Å². The van der Waals surface area contributed by atoms with E-state index in [1.54, 1.807) is 0 Å². The van der Waals surface area contributed by atoms with Gasteiger partial charge >= 0.3 is 5.97 Å². The molecule has 1 aliphatic heterocycles. The predicted octanol–water partition coefficient (Wildman–Crippen LogP) is 6.49. The Kier molecular flexibility index (Phi) is 8.02. The molecule has 4 nitrogen and oxygen atoms in total. The summed E-state index contributed by atoms with van der Waals surface area (Å²) in [5.41, 5.74) is 3.71. The van der Waals surface area contributed by atoms with Gasteiger partial charge in [0, 0.05) is 25.4 Å². The van der Waals surface area contributed by atoms with E-state index in [0.29, 0.717) is 25.9 Å². The molecule has 0 spiro atoms. The van der Waals surface area contributed by atoms with Crippen molar-refractivity contribution in [3.63, 3.8) is 0 Å². The standard InChI is InChI=1S/C30H35NO3/c1-2-24(29(32)33)12-11-23-34-30(25-13-5-3-6-14-25,26-15-7-4-8-16-26)27-17-19-28(20-18-27)31-21-9-10-22-31/h3-8,13-20,24H,2,9-12,21-23H2,1H3,(H,32,33). The molecule has 3 aromatic carbocycles. The van der Waals surface area contributed by atoms with Crippen molar-refractivity contribution in [3.05, 3.63) is 102 Å². The van der Waals surface area contributed by atoms with E-state index in [1.807, 2.05) is 43.3 Å². The van der Waals surface area contributed by atoms with Gasteiger partial charge in [-0.2, -0.15) is 0 Å². The van der Waals surface area contributed by atoms with Crippen molar-refractivity contribution in [2.75, 3.05) is 24.6 Å². The van der Waals surface area contributed by atoms with E-state index in [4.69, 9.17) is 4.74 Å². The van der Waals surface area contributed by atoms with Gasteiger partial charge < -0.3 is 14.7 Å². The molecule has 0 saturated carbocycles. The molecule has 1 unspecified atom stereocenters. The van der Waals surface area contributed by atoms with Crippen molar-refractivity contribution in [1.82, 2.24) is 0 Å². The van der Waals surface area contributed by atoms with Crippen LogP contribution >= 0.6 is 0 Å². The van der Waals surface area contributed by atoms with E-state index < -0.39 is 11.6 Å². The number of hydrogen-bond acceptors (Lipinski definition) is 3. The zero-order valence-corrected chi connectivity index (χ0v) is 20.0. The summed E-state index contributed by atoms with van der Waals surface area (Å²) in [6.45, 7) is 4.63. The highest BCUT2D eigenvalue weighted by Gasteiger charge is 2.37. The summed E-state index contributed by atoms with van der Waals surface area (Å²) >= 11 is 0. The highest BCUT2D eigenvalue weighted by molar-refractivity contribution is 5.69. The summed E-state index contributed by atoms with van der Waals surface area (Å²) in [5.74, 6) is -1.05. The van der Waals surface area contributed by atoms with E-state index in [2.05, 4.69) is 53.4 Å². The molecule has 0 radical (unpaired) electrons. The Balaban J connectivity index is 1.70. The van der Waals surface area contributed by atoms with E-state index in [-0.39, 0.29) is 5.92 Å². The molecule has 0 aromatic heterocycles. The van der Waals surface area contributed by atoms with Crippen LogP contribution in [0.2, 0.25) is 0 Å². The molecule has 0 aliphatic carbocycles. The number of benzene rings is 3. The second kappa shape index (κ2) is 11.3. The van der Waals surface area contributed by atoms with Gasteiger partial charge in [-0.1, -0.05) is 79.7 Å². The summed E-state index contributed by atoms with van der Waals surface area (Å²) in [6, 6.07) is 29.5. The Morgan fingerprint density at radius 2 is 1.41 bits per heavy atom. The minimum Gasteiger partial charge on any atom is -0.481 e. The Bertz CT molecular complexity index is 988. The average molecular weight is 458 g/mol. The molecule has 1 fully saturated rings. The molecule has 178 valence electrons. The Morgan fingerprint density at radius 1 is 0.882 bits per heavy atom. The number of nitrogens with zero attached hydrogens (tertiary/aromatic N) is 1. The fourth-order valence-corrected chi connectivity index (χ4v) is 5.04.